The van der Waals surface area contributed by atoms with Crippen LogP contribution >= 0.6 is 22.9 Å². The van der Waals surface area contributed by atoms with E-state index in [2.05, 4.69) is 4.72 Å². The zero-order chi connectivity index (χ0) is 23.8. The number of methoxy groups -OCH3 is 1. The number of aromatic nitrogens is 1. The molecule has 0 bridgehead atoms. The molecular formula is C21H16ClN3O6S2. The van der Waals surface area contributed by atoms with Gasteiger partial charge in [-0.3, -0.25) is 24.2 Å². The van der Waals surface area contributed by atoms with Crippen molar-refractivity contribution < 1.29 is 18.1 Å². The third kappa shape index (κ3) is 4.56. The molecule has 4 rings (SSSR count). The van der Waals surface area contributed by atoms with E-state index in [1.807, 2.05) is 12.1 Å². The molecule has 1 heterocycles. The van der Waals surface area contributed by atoms with Crippen molar-refractivity contribution in [2.24, 2.45) is 0 Å². The molecule has 9 nitrogen and oxygen atoms in total. The van der Waals surface area contributed by atoms with Crippen LogP contribution in [0.4, 0.5) is 11.4 Å². The average molecular weight is 506 g/mol. The summed E-state index contributed by atoms with van der Waals surface area (Å²) in [6.45, 7) is 0.244. The summed E-state index contributed by atoms with van der Waals surface area (Å²) in [5.74, 6) is 0.126. The molecule has 0 amide bonds. The lowest BCUT2D eigenvalue weighted by molar-refractivity contribution is -0.384. The number of nitro groups is 1. The molecule has 0 aliphatic carbocycles. The molecule has 3 aromatic carbocycles. The Morgan fingerprint density at radius 1 is 1.15 bits per heavy atom. The van der Waals surface area contributed by atoms with E-state index in [9.17, 15) is 23.3 Å². The second-order valence-corrected chi connectivity index (χ2v) is 10.0. The number of halogens is 1. The van der Waals surface area contributed by atoms with Crippen molar-refractivity contribution in [2.75, 3.05) is 11.8 Å². The lowest BCUT2D eigenvalue weighted by Crippen LogP contribution is -2.14. The van der Waals surface area contributed by atoms with Crippen LogP contribution in [0.1, 0.15) is 5.56 Å². The van der Waals surface area contributed by atoms with E-state index in [-0.39, 0.29) is 33.4 Å². The zero-order valence-electron chi connectivity index (χ0n) is 17.0. The fourth-order valence-electron chi connectivity index (χ4n) is 3.25. The second-order valence-electron chi connectivity index (χ2n) is 6.92. The van der Waals surface area contributed by atoms with Crippen LogP contribution in [-0.2, 0) is 16.6 Å². The summed E-state index contributed by atoms with van der Waals surface area (Å²) in [5, 5.41) is 11.6. The van der Waals surface area contributed by atoms with Gasteiger partial charge in [0.2, 0.25) is 0 Å². The molecular weight excluding hydrogens is 490 g/mol. The first-order chi connectivity index (χ1) is 15.7. The topological polar surface area (TPSA) is 121 Å². The SMILES string of the molecule is COc1ccc([N+](=O)[O-])cc1NS(=O)(=O)c1ccc2c(c1)sc(=O)n2Cc1ccccc1Cl. The van der Waals surface area contributed by atoms with Crippen LogP contribution in [-0.4, -0.2) is 25.0 Å². The molecule has 0 saturated heterocycles. The smallest absolute Gasteiger partial charge is 0.308 e. The Hall–Kier alpha value is -3.41. The molecule has 1 aromatic heterocycles. The van der Waals surface area contributed by atoms with E-state index in [0.717, 1.165) is 23.0 Å². The Balaban J connectivity index is 1.71. The first-order valence-electron chi connectivity index (χ1n) is 9.41. The molecule has 12 heteroatoms. The van der Waals surface area contributed by atoms with E-state index in [4.69, 9.17) is 16.3 Å². The van der Waals surface area contributed by atoms with Crippen LogP contribution in [0.25, 0.3) is 10.2 Å². The summed E-state index contributed by atoms with van der Waals surface area (Å²) < 4.78 is 35.4. The number of rotatable bonds is 7. The van der Waals surface area contributed by atoms with Crippen LogP contribution < -0.4 is 14.3 Å². The first kappa shape index (κ1) is 22.8. The molecule has 0 radical (unpaired) electrons. The number of sulfonamides is 1. The highest BCUT2D eigenvalue weighted by Gasteiger charge is 2.21. The minimum absolute atomic E-state index is 0.0729. The number of fused-ring (bicyclic) bond motifs is 1. The molecule has 0 unspecified atom stereocenters. The van der Waals surface area contributed by atoms with Gasteiger partial charge in [-0.25, -0.2) is 8.42 Å². The summed E-state index contributed by atoms with van der Waals surface area (Å²) in [7, 11) is -2.80. The Bertz CT molecular complexity index is 1550. The van der Waals surface area contributed by atoms with Crippen molar-refractivity contribution in [3.63, 3.8) is 0 Å². The van der Waals surface area contributed by atoms with Gasteiger partial charge in [0.1, 0.15) is 5.75 Å². The highest BCUT2D eigenvalue weighted by molar-refractivity contribution is 7.92. The second kappa shape index (κ2) is 8.85. The number of ether oxygens (including phenoxy) is 1. The maximum atomic E-state index is 13.0. The molecule has 0 spiro atoms. The van der Waals surface area contributed by atoms with E-state index in [1.54, 1.807) is 18.2 Å². The Morgan fingerprint density at radius 3 is 2.61 bits per heavy atom. The summed E-state index contributed by atoms with van der Waals surface area (Å²) in [5.41, 5.74) is 0.962. The van der Waals surface area contributed by atoms with E-state index in [1.165, 1.54) is 35.9 Å². The van der Waals surface area contributed by atoms with Gasteiger partial charge < -0.3 is 4.74 Å². The number of benzene rings is 3. The Kier molecular flexibility index (Phi) is 6.11. The molecule has 1 N–H and O–H groups in total. The van der Waals surface area contributed by atoms with Crippen LogP contribution in [0.15, 0.2) is 70.4 Å². The van der Waals surface area contributed by atoms with Gasteiger partial charge in [-0.15, -0.1) is 0 Å². The lowest BCUT2D eigenvalue weighted by atomic mass is 10.2. The molecule has 0 aliphatic heterocycles. The minimum Gasteiger partial charge on any atom is -0.495 e. The number of nitrogens with one attached hydrogen (secondary N) is 1. The van der Waals surface area contributed by atoms with Crippen molar-refractivity contribution in [1.82, 2.24) is 4.57 Å². The predicted octanol–water partition coefficient (Wildman–Crippen LogP) is 4.48. The molecule has 170 valence electrons. The monoisotopic (exact) mass is 505 g/mol. The van der Waals surface area contributed by atoms with Crippen molar-refractivity contribution in [3.05, 3.63) is 91.0 Å². The number of hydrogen-bond donors (Lipinski definition) is 1. The van der Waals surface area contributed by atoms with Gasteiger partial charge >= 0.3 is 4.87 Å². The largest absolute Gasteiger partial charge is 0.495 e. The van der Waals surface area contributed by atoms with E-state index >= 15 is 0 Å². The number of nitrogens with zero attached hydrogens (tertiary/aromatic N) is 2. The van der Waals surface area contributed by atoms with Gasteiger partial charge in [0.05, 0.1) is 39.4 Å². The van der Waals surface area contributed by atoms with Gasteiger partial charge in [-0.2, -0.15) is 0 Å². The van der Waals surface area contributed by atoms with Crippen molar-refractivity contribution in [1.29, 1.82) is 0 Å². The fourth-order valence-corrected chi connectivity index (χ4v) is 5.54. The van der Waals surface area contributed by atoms with Gasteiger partial charge in [-0.1, -0.05) is 41.1 Å². The number of thiazole rings is 1. The van der Waals surface area contributed by atoms with E-state index < -0.39 is 14.9 Å². The number of nitro benzene ring substituents is 1. The highest BCUT2D eigenvalue weighted by atomic mass is 35.5. The summed E-state index contributed by atoms with van der Waals surface area (Å²) in [6, 6.07) is 15.0. The summed E-state index contributed by atoms with van der Waals surface area (Å²) >= 11 is 7.12. The van der Waals surface area contributed by atoms with Gasteiger partial charge in [0, 0.05) is 17.2 Å². The first-order valence-corrected chi connectivity index (χ1v) is 12.1. The Morgan fingerprint density at radius 2 is 1.91 bits per heavy atom. The maximum absolute atomic E-state index is 13.0. The molecule has 33 heavy (non-hydrogen) atoms. The summed E-state index contributed by atoms with van der Waals surface area (Å²) in [6.07, 6.45) is 0. The molecule has 0 saturated carbocycles. The van der Waals surface area contributed by atoms with Crippen LogP contribution in [0.5, 0.6) is 5.75 Å². The lowest BCUT2D eigenvalue weighted by Gasteiger charge is -2.12. The molecule has 0 fully saturated rings. The fraction of sp³-hybridized carbons (Fsp3) is 0.0952. The number of hydrogen-bond acceptors (Lipinski definition) is 7. The van der Waals surface area contributed by atoms with Gasteiger partial charge in [0.15, 0.2) is 0 Å². The van der Waals surface area contributed by atoms with Crippen LogP contribution in [0.2, 0.25) is 5.02 Å². The zero-order valence-corrected chi connectivity index (χ0v) is 19.4. The highest BCUT2D eigenvalue weighted by Crippen LogP contribution is 2.32. The quantitative estimate of drug-likeness (QED) is 0.292. The molecule has 0 aliphatic rings. The van der Waals surface area contributed by atoms with Crippen LogP contribution in [0.3, 0.4) is 0 Å². The normalized spacial score (nSPS) is 11.5. The number of anilines is 1. The van der Waals surface area contributed by atoms with Crippen molar-refractivity contribution in [2.45, 2.75) is 11.4 Å². The van der Waals surface area contributed by atoms with Gasteiger partial charge in [-0.05, 0) is 35.9 Å². The number of non-ortho nitro benzene ring substituents is 1. The van der Waals surface area contributed by atoms with Crippen molar-refractivity contribution in [3.8, 4) is 5.75 Å². The third-order valence-corrected chi connectivity index (χ3v) is 7.55. The molecule has 4 aromatic rings. The minimum atomic E-state index is -4.13. The van der Waals surface area contributed by atoms with Gasteiger partial charge in [0.25, 0.3) is 15.7 Å². The molecule has 0 atom stereocenters. The standard InChI is InChI=1S/C21H16ClN3O6S2/c1-31-19-9-6-14(25(27)28)10-17(19)23-33(29,30)15-7-8-18-20(11-15)32-21(26)24(18)12-13-4-2-3-5-16(13)22/h2-11,23H,12H2,1H3. The van der Waals surface area contributed by atoms with E-state index in [0.29, 0.717) is 15.2 Å². The third-order valence-electron chi connectivity index (χ3n) is 4.87. The Labute approximate surface area is 197 Å². The van der Waals surface area contributed by atoms with Crippen LogP contribution in [0, 0.1) is 10.1 Å². The maximum Gasteiger partial charge on any atom is 0.308 e. The predicted molar refractivity (Wildman–Crippen MR) is 127 cm³/mol. The average Bonchev–Trinajstić information content (AvgIpc) is 3.09. The van der Waals surface area contributed by atoms with Crippen molar-refractivity contribution >= 4 is 54.6 Å². The summed E-state index contributed by atoms with van der Waals surface area (Å²) in [4.78, 5) is 22.7.